The Morgan fingerprint density at radius 3 is 2.70 bits per heavy atom. The zero-order chi connectivity index (χ0) is 14.5. The number of rotatable bonds is 5. The Balaban J connectivity index is 2.01. The van der Waals surface area contributed by atoms with Gasteiger partial charge in [0, 0.05) is 28.0 Å². The number of hydrogen-bond acceptors (Lipinski definition) is 4. The van der Waals surface area contributed by atoms with Gasteiger partial charge >= 0.3 is 0 Å². The van der Waals surface area contributed by atoms with E-state index in [-0.39, 0.29) is 10.6 Å². The van der Waals surface area contributed by atoms with Crippen molar-refractivity contribution in [2.45, 2.75) is 11.3 Å². The van der Waals surface area contributed by atoms with Crippen molar-refractivity contribution in [2.24, 2.45) is 0 Å². The number of hydrogen-bond donors (Lipinski definition) is 1. The first-order valence-electron chi connectivity index (χ1n) is 5.98. The minimum Gasteiger partial charge on any atom is -0.399 e. The highest BCUT2D eigenvalue weighted by Gasteiger charge is 2.12. The van der Waals surface area contributed by atoms with E-state index in [0.717, 1.165) is 10.5 Å². The summed E-state index contributed by atoms with van der Waals surface area (Å²) in [5.74, 6) is 0.717. The summed E-state index contributed by atoms with van der Waals surface area (Å²) >= 11 is 7.64. The van der Waals surface area contributed by atoms with Crippen LogP contribution in [0.5, 0.6) is 0 Å². The lowest BCUT2D eigenvalue weighted by atomic mass is 10.1. The van der Waals surface area contributed by atoms with Crippen molar-refractivity contribution >= 4 is 34.7 Å². The maximum absolute atomic E-state index is 10.9. The molecule has 104 valence electrons. The highest BCUT2D eigenvalue weighted by Crippen LogP contribution is 2.30. The second-order valence-corrected chi connectivity index (χ2v) is 5.72. The van der Waals surface area contributed by atoms with Crippen LogP contribution in [-0.4, -0.2) is 10.7 Å². The van der Waals surface area contributed by atoms with Gasteiger partial charge in [-0.1, -0.05) is 29.8 Å². The monoisotopic (exact) mass is 308 g/mol. The summed E-state index contributed by atoms with van der Waals surface area (Å²) in [6.45, 7) is 0. The maximum atomic E-state index is 10.9. The molecule has 0 bridgehead atoms. The van der Waals surface area contributed by atoms with E-state index in [4.69, 9.17) is 17.3 Å². The molecule has 0 saturated carbocycles. The number of halogens is 1. The topological polar surface area (TPSA) is 69.2 Å². The predicted octanol–water partition coefficient (Wildman–Crippen LogP) is 4.17. The van der Waals surface area contributed by atoms with Crippen LogP contribution in [0.3, 0.4) is 0 Å². The lowest BCUT2D eigenvalue weighted by Gasteiger charge is -2.05. The first-order valence-corrected chi connectivity index (χ1v) is 7.34. The predicted molar refractivity (Wildman–Crippen MR) is 83.4 cm³/mol. The van der Waals surface area contributed by atoms with E-state index >= 15 is 0 Å². The second-order valence-electron chi connectivity index (χ2n) is 4.17. The highest BCUT2D eigenvalue weighted by molar-refractivity contribution is 7.99. The average Bonchev–Trinajstić information content (AvgIpc) is 2.41. The van der Waals surface area contributed by atoms with Crippen molar-refractivity contribution in [3.8, 4) is 0 Å². The minimum atomic E-state index is -0.351. The van der Waals surface area contributed by atoms with E-state index in [1.165, 1.54) is 6.07 Å². The number of thioether (sulfide) groups is 1. The standard InChI is InChI=1S/C14H13ClN2O2S/c15-12-9-11(16)5-6-14(12)20-8-7-10-3-1-2-4-13(10)17(18)19/h1-6,9H,7-8,16H2. The summed E-state index contributed by atoms with van der Waals surface area (Å²) in [4.78, 5) is 11.5. The van der Waals surface area contributed by atoms with Crippen LogP contribution in [0.4, 0.5) is 11.4 Å². The van der Waals surface area contributed by atoms with Gasteiger partial charge in [-0.25, -0.2) is 0 Å². The van der Waals surface area contributed by atoms with Gasteiger partial charge < -0.3 is 5.73 Å². The SMILES string of the molecule is Nc1ccc(SCCc2ccccc2[N+](=O)[O-])c(Cl)c1. The molecule has 6 heteroatoms. The summed E-state index contributed by atoms with van der Waals surface area (Å²) in [6, 6.07) is 12.1. The average molecular weight is 309 g/mol. The van der Waals surface area contributed by atoms with Crippen LogP contribution in [0.15, 0.2) is 47.4 Å². The van der Waals surface area contributed by atoms with Crippen molar-refractivity contribution in [1.82, 2.24) is 0 Å². The number of anilines is 1. The lowest BCUT2D eigenvalue weighted by molar-refractivity contribution is -0.385. The molecular formula is C14H13ClN2O2S. The Hall–Kier alpha value is -1.72. The molecule has 2 rings (SSSR count). The van der Waals surface area contributed by atoms with Gasteiger partial charge in [0.1, 0.15) is 0 Å². The van der Waals surface area contributed by atoms with Gasteiger partial charge in [-0.15, -0.1) is 11.8 Å². The van der Waals surface area contributed by atoms with E-state index in [1.807, 2.05) is 12.1 Å². The van der Waals surface area contributed by atoms with E-state index < -0.39 is 0 Å². The molecule has 2 aromatic rings. The maximum Gasteiger partial charge on any atom is 0.272 e. The van der Waals surface area contributed by atoms with Crippen LogP contribution < -0.4 is 5.73 Å². The molecule has 0 spiro atoms. The third-order valence-electron chi connectivity index (χ3n) is 2.77. The van der Waals surface area contributed by atoms with E-state index in [1.54, 1.807) is 36.0 Å². The molecule has 0 fully saturated rings. The zero-order valence-electron chi connectivity index (χ0n) is 10.6. The molecule has 0 aromatic heterocycles. The molecule has 0 radical (unpaired) electrons. The molecule has 0 heterocycles. The zero-order valence-corrected chi connectivity index (χ0v) is 12.2. The minimum absolute atomic E-state index is 0.163. The third kappa shape index (κ3) is 3.65. The van der Waals surface area contributed by atoms with Crippen molar-refractivity contribution < 1.29 is 4.92 Å². The van der Waals surface area contributed by atoms with Crippen molar-refractivity contribution in [2.75, 3.05) is 11.5 Å². The van der Waals surface area contributed by atoms with Crippen LogP contribution in [0.2, 0.25) is 5.02 Å². The van der Waals surface area contributed by atoms with Gasteiger partial charge in [0.05, 0.1) is 9.95 Å². The molecule has 4 nitrogen and oxygen atoms in total. The Bertz CT molecular complexity index is 634. The van der Waals surface area contributed by atoms with Gasteiger partial charge in [0.2, 0.25) is 0 Å². The highest BCUT2D eigenvalue weighted by atomic mass is 35.5. The quantitative estimate of drug-likeness (QED) is 0.389. The number of nitrogens with two attached hydrogens (primary N) is 1. The molecule has 2 aromatic carbocycles. The summed E-state index contributed by atoms with van der Waals surface area (Å²) in [5, 5.41) is 11.5. The van der Waals surface area contributed by atoms with Gasteiger partial charge in [0.25, 0.3) is 5.69 Å². The molecule has 0 aliphatic rings. The van der Waals surface area contributed by atoms with Crippen LogP contribution in [0, 0.1) is 10.1 Å². The van der Waals surface area contributed by atoms with Crippen LogP contribution in [0.1, 0.15) is 5.56 Å². The summed E-state index contributed by atoms with van der Waals surface area (Å²) in [6.07, 6.45) is 0.614. The first-order chi connectivity index (χ1) is 9.58. The Morgan fingerprint density at radius 1 is 1.25 bits per heavy atom. The van der Waals surface area contributed by atoms with Crippen molar-refractivity contribution in [3.05, 3.63) is 63.2 Å². The number of nitro benzene ring substituents is 1. The Labute approximate surface area is 126 Å². The first kappa shape index (κ1) is 14.7. The van der Waals surface area contributed by atoms with E-state index in [9.17, 15) is 10.1 Å². The van der Waals surface area contributed by atoms with Crippen molar-refractivity contribution in [3.63, 3.8) is 0 Å². The fourth-order valence-electron chi connectivity index (χ4n) is 1.81. The van der Waals surface area contributed by atoms with Gasteiger partial charge in [-0.2, -0.15) is 0 Å². The van der Waals surface area contributed by atoms with Gasteiger partial charge in [0.15, 0.2) is 0 Å². The molecule has 0 atom stereocenters. The number of para-hydroxylation sites is 1. The molecule has 0 saturated heterocycles. The smallest absolute Gasteiger partial charge is 0.272 e. The van der Waals surface area contributed by atoms with Crippen LogP contribution in [0.25, 0.3) is 0 Å². The Kier molecular flexibility index (Phi) is 4.87. The molecule has 0 amide bonds. The summed E-state index contributed by atoms with van der Waals surface area (Å²) < 4.78 is 0. The summed E-state index contributed by atoms with van der Waals surface area (Å²) in [7, 11) is 0. The normalized spacial score (nSPS) is 10.4. The Morgan fingerprint density at radius 2 is 2.00 bits per heavy atom. The number of nitro groups is 1. The molecule has 20 heavy (non-hydrogen) atoms. The van der Waals surface area contributed by atoms with Crippen molar-refractivity contribution in [1.29, 1.82) is 0 Å². The van der Waals surface area contributed by atoms with Crippen LogP contribution >= 0.6 is 23.4 Å². The molecule has 0 aliphatic heterocycles. The molecule has 0 aliphatic carbocycles. The fraction of sp³-hybridized carbons (Fsp3) is 0.143. The number of nitrogen functional groups attached to an aromatic ring is 1. The van der Waals surface area contributed by atoms with Crippen LogP contribution in [-0.2, 0) is 6.42 Å². The molecule has 2 N–H and O–H groups in total. The number of aryl methyl sites for hydroxylation is 1. The van der Waals surface area contributed by atoms with E-state index in [0.29, 0.717) is 22.9 Å². The number of nitrogens with zero attached hydrogens (tertiary/aromatic N) is 1. The van der Waals surface area contributed by atoms with E-state index in [2.05, 4.69) is 0 Å². The molecule has 0 unspecified atom stereocenters. The van der Waals surface area contributed by atoms with Gasteiger partial charge in [-0.05, 0) is 24.6 Å². The third-order valence-corrected chi connectivity index (χ3v) is 4.27. The molecular weight excluding hydrogens is 296 g/mol. The van der Waals surface area contributed by atoms with Gasteiger partial charge in [-0.3, -0.25) is 10.1 Å². The fourth-order valence-corrected chi connectivity index (χ4v) is 3.06. The summed E-state index contributed by atoms with van der Waals surface area (Å²) in [5.41, 5.74) is 7.15. The number of benzene rings is 2. The lowest BCUT2D eigenvalue weighted by Crippen LogP contribution is -1.96. The second kappa shape index (κ2) is 6.63. The largest absolute Gasteiger partial charge is 0.399 e.